The first-order valence-electron chi connectivity index (χ1n) is 7.53. The zero-order valence-corrected chi connectivity index (χ0v) is 11.8. The van der Waals surface area contributed by atoms with Gasteiger partial charge in [0.25, 0.3) is 0 Å². The van der Waals surface area contributed by atoms with Gasteiger partial charge in [-0.15, -0.1) is 0 Å². The van der Waals surface area contributed by atoms with Gasteiger partial charge < -0.3 is 5.73 Å². The van der Waals surface area contributed by atoms with Crippen LogP contribution in [0.2, 0.25) is 0 Å². The van der Waals surface area contributed by atoms with Crippen LogP contribution in [0.5, 0.6) is 0 Å². The minimum atomic E-state index is -0.329. The Labute approximate surface area is 115 Å². The van der Waals surface area contributed by atoms with Crippen LogP contribution in [0, 0.1) is 0 Å². The largest absolute Gasteiger partial charge is 0.321 e. The molecule has 0 saturated heterocycles. The molecule has 1 aliphatic rings. The normalized spacial score (nSPS) is 18.4. The van der Waals surface area contributed by atoms with Crippen LogP contribution in [-0.2, 0) is 11.2 Å². The molecule has 1 atom stereocenters. The van der Waals surface area contributed by atoms with Gasteiger partial charge in [-0.25, -0.2) is 0 Å². The van der Waals surface area contributed by atoms with Crippen molar-refractivity contribution in [1.82, 2.24) is 9.78 Å². The predicted octanol–water partition coefficient (Wildman–Crippen LogP) is 2.63. The summed E-state index contributed by atoms with van der Waals surface area (Å²) in [4.78, 5) is 11.9. The highest BCUT2D eigenvalue weighted by Gasteiger charge is 2.18. The van der Waals surface area contributed by atoms with Gasteiger partial charge in [-0.05, 0) is 25.3 Å². The Morgan fingerprint density at radius 2 is 2.21 bits per heavy atom. The van der Waals surface area contributed by atoms with E-state index in [1.807, 2.05) is 23.9 Å². The Hall–Kier alpha value is -1.16. The van der Waals surface area contributed by atoms with Crippen molar-refractivity contribution in [1.29, 1.82) is 0 Å². The summed E-state index contributed by atoms with van der Waals surface area (Å²) in [6.45, 7) is 2.05. The number of rotatable bonds is 6. The molecule has 0 radical (unpaired) electrons. The van der Waals surface area contributed by atoms with Crippen LogP contribution in [0.4, 0.5) is 0 Å². The summed E-state index contributed by atoms with van der Waals surface area (Å²) in [5.74, 6) is 0.107. The van der Waals surface area contributed by atoms with Crippen LogP contribution >= 0.6 is 0 Å². The molecule has 4 nitrogen and oxygen atoms in total. The lowest BCUT2D eigenvalue weighted by atomic mass is 9.96. The van der Waals surface area contributed by atoms with Crippen LogP contribution < -0.4 is 5.73 Å². The highest BCUT2D eigenvalue weighted by Crippen LogP contribution is 2.27. The van der Waals surface area contributed by atoms with E-state index in [1.54, 1.807) is 0 Å². The number of nitrogens with zero attached hydrogens (tertiary/aromatic N) is 2. The molecule has 1 aromatic rings. The van der Waals surface area contributed by atoms with Crippen molar-refractivity contribution in [3.63, 3.8) is 0 Å². The molecule has 19 heavy (non-hydrogen) atoms. The summed E-state index contributed by atoms with van der Waals surface area (Å²) in [5, 5.41) is 4.56. The average molecular weight is 263 g/mol. The maximum atomic E-state index is 11.9. The number of carbonyl (C=O) groups excluding carboxylic acids is 1. The monoisotopic (exact) mass is 263 g/mol. The van der Waals surface area contributed by atoms with E-state index in [-0.39, 0.29) is 11.8 Å². The van der Waals surface area contributed by atoms with Crippen molar-refractivity contribution in [2.24, 2.45) is 5.73 Å². The molecule has 4 heteroatoms. The Bertz CT molecular complexity index is 407. The van der Waals surface area contributed by atoms with Gasteiger partial charge in [0.05, 0.1) is 24.2 Å². The molecular weight excluding hydrogens is 238 g/mol. The fraction of sp³-hybridized carbons (Fsp3) is 0.733. The van der Waals surface area contributed by atoms with Crippen molar-refractivity contribution in [3.05, 3.63) is 18.0 Å². The highest BCUT2D eigenvalue weighted by atomic mass is 16.1. The second-order valence-corrected chi connectivity index (χ2v) is 5.62. The van der Waals surface area contributed by atoms with Gasteiger partial charge in [0.1, 0.15) is 0 Å². The zero-order valence-electron chi connectivity index (χ0n) is 11.8. The lowest BCUT2D eigenvalue weighted by molar-refractivity contribution is -0.119. The molecule has 1 heterocycles. The zero-order chi connectivity index (χ0) is 13.7. The van der Waals surface area contributed by atoms with E-state index < -0.39 is 0 Å². The van der Waals surface area contributed by atoms with Gasteiger partial charge in [-0.1, -0.05) is 32.6 Å². The Balaban J connectivity index is 1.91. The summed E-state index contributed by atoms with van der Waals surface area (Å²) < 4.78 is 2.05. The molecule has 1 aliphatic carbocycles. The lowest BCUT2D eigenvalue weighted by Crippen LogP contribution is -2.31. The smallest absolute Gasteiger partial charge is 0.155 e. The van der Waals surface area contributed by atoms with E-state index in [0.29, 0.717) is 12.5 Å². The summed E-state index contributed by atoms with van der Waals surface area (Å²) in [6, 6.07) is 2.16. The number of ketones is 1. The number of hydrogen-bond donors (Lipinski definition) is 1. The van der Waals surface area contributed by atoms with E-state index in [4.69, 9.17) is 5.73 Å². The van der Waals surface area contributed by atoms with Gasteiger partial charge in [0, 0.05) is 6.20 Å². The minimum absolute atomic E-state index is 0.107. The summed E-state index contributed by atoms with van der Waals surface area (Å²) in [5.41, 5.74) is 6.70. The molecule has 1 aromatic heterocycles. The SMILES string of the molecule is CCCC(N)C(=O)Cc1ccn(C2CCCCC2)n1. The highest BCUT2D eigenvalue weighted by molar-refractivity contribution is 5.85. The standard InChI is InChI=1S/C15H25N3O/c1-2-6-14(16)15(19)11-12-9-10-18(17-12)13-7-4-3-5-8-13/h9-10,13-14H,2-8,11,16H2,1H3. The molecular formula is C15H25N3O. The summed E-state index contributed by atoms with van der Waals surface area (Å²) in [6.07, 6.45) is 10.5. The van der Waals surface area contributed by atoms with Crippen molar-refractivity contribution >= 4 is 5.78 Å². The van der Waals surface area contributed by atoms with E-state index in [1.165, 1.54) is 32.1 Å². The molecule has 1 fully saturated rings. The van der Waals surface area contributed by atoms with Crippen LogP contribution in [0.1, 0.15) is 63.6 Å². The third-order valence-corrected chi connectivity index (χ3v) is 3.98. The number of nitrogens with two attached hydrogens (primary N) is 1. The van der Waals surface area contributed by atoms with Crippen molar-refractivity contribution in [2.75, 3.05) is 0 Å². The van der Waals surface area contributed by atoms with Gasteiger partial charge in [-0.3, -0.25) is 9.48 Å². The summed E-state index contributed by atoms with van der Waals surface area (Å²) in [7, 11) is 0. The topological polar surface area (TPSA) is 60.9 Å². The van der Waals surface area contributed by atoms with E-state index in [2.05, 4.69) is 5.10 Å². The minimum Gasteiger partial charge on any atom is -0.321 e. The maximum absolute atomic E-state index is 11.9. The van der Waals surface area contributed by atoms with E-state index >= 15 is 0 Å². The predicted molar refractivity (Wildman–Crippen MR) is 75.9 cm³/mol. The van der Waals surface area contributed by atoms with Gasteiger partial charge in [-0.2, -0.15) is 5.10 Å². The second-order valence-electron chi connectivity index (χ2n) is 5.62. The van der Waals surface area contributed by atoms with E-state index in [0.717, 1.165) is 18.5 Å². The fourth-order valence-corrected chi connectivity index (χ4v) is 2.80. The number of hydrogen-bond acceptors (Lipinski definition) is 3. The molecule has 1 saturated carbocycles. The molecule has 1 unspecified atom stereocenters. The number of Topliss-reactive ketones (excluding diaryl/α,β-unsaturated/α-hetero) is 1. The molecule has 2 N–H and O–H groups in total. The third kappa shape index (κ3) is 3.90. The van der Waals surface area contributed by atoms with Gasteiger partial charge in [0.2, 0.25) is 0 Å². The van der Waals surface area contributed by atoms with Crippen molar-refractivity contribution in [3.8, 4) is 0 Å². The van der Waals surface area contributed by atoms with Gasteiger partial charge >= 0.3 is 0 Å². The second kappa shape index (κ2) is 6.85. The van der Waals surface area contributed by atoms with Crippen LogP contribution in [-0.4, -0.2) is 21.6 Å². The molecule has 0 aliphatic heterocycles. The van der Waals surface area contributed by atoms with E-state index in [9.17, 15) is 4.79 Å². The average Bonchev–Trinajstić information content (AvgIpc) is 2.88. The molecule has 0 aromatic carbocycles. The Kier molecular flexibility index (Phi) is 5.14. The number of aromatic nitrogens is 2. The first kappa shape index (κ1) is 14.3. The van der Waals surface area contributed by atoms with Crippen molar-refractivity contribution < 1.29 is 4.79 Å². The quantitative estimate of drug-likeness (QED) is 0.858. The maximum Gasteiger partial charge on any atom is 0.155 e. The lowest BCUT2D eigenvalue weighted by Gasteiger charge is -2.21. The first-order valence-corrected chi connectivity index (χ1v) is 7.53. The molecule has 0 amide bonds. The van der Waals surface area contributed by atoms with Crippen molar-refractivity contribution in [2.45, 2.75) is 70.4 Å². The first-order chi connectivity index (χ1) is 9.20. The van der Waals surface area contributed by atoms with Gasteiger partial charge in [0.15, 0.2) is 5.78 Å². The molecule has 0 spiro atoms. The van der Waals surface area contributed by atoms with Crippen LogP contribution in [0.15, 0.2) is 12.3 Å². The number of carbonyl (C=O) groups is 1. The molecule has 2 rings (SSSR count). The molecule has 0 bridgehead atoms. The third-order valence-electron chi connectivity index (χ3n) is 3.98. The fourth-order valence-electron chi connectivity index (χ4n) is 2.80. The summed E-state index contributed by atoms with van der Waals surface area (Å²) >= 11 is 0. The Morgan fingerprint density at radius 3 is 2.89 bits per heavy atom. The van der Waals surface area contributed by atoms with Crippen LogP contribution in [0.25, 0.3) is 0 Å². The van der Waals surface area contributed by atoms with Crippen LogP contribution in [0.3, 0.4) is 0 Å². The Morgan fingerprint density at radius 1 is 1.47 bits per heavy atom. The molecule has 106 valence electrons.